The molecule has 0 saturated heterocycles. The predicted octanol–water partition coefficient (Wildman–Crippen LogP) is 4.77. The quantitative estimate of drug-likeness (QED) is 0.776. The van der Waals surface area contributed by atoms with E-state index in [2.05, 4.69) is 10.3 Å². The molecule has 19 heavy (non-hydrogen) atoms. The number of para-hydroxylation sites is 1. The first-order chi connectivity index (χ1) is 9.15. The van der Waals surface area contributed by atoms with Crippen molar-refractivity contribution in [2.45, 2.75) is 17.9 Å². The molecule has 0 atom stereocenters. The summed E-state index contributed by atoms with van der Waals surface area (Å²) in [6.45, 7) is 0.580. The molecule has 1 aromatic heterocycles. The lowest BCUT2D eigenvalue weighted by Crippen LogP contribution is -2.00. The number of thiazole rings is 1. The van der Waals surface area contributed by atoms with Crippen molar-refractivity contribution in [1.29, 1.82) is 0 Å². The summed E-state index contributed by atoms with van der Waals surface area (Å²) in [5, 5.41) is 3.21. The van der Waals surface area contributed by atoms with Gasteiger partial charge >= 0.3 is 0 Å². The molecule has 0 aliphatic carbocycles. The Morgan fingerprint density at radius 1 is 1.37 bits per heavy atom. The van der Waals surface area contributed by atoms with Gasteiger partial charge in [-0.15, -0.1) is 23.1 Å². The van der Waals surface area contributed by atoms with E-state index in [0.29, 0.717) is 11.0 Å². The third-order valence-electron chi connectivity index (χ3n) is 2.23. The minimum atomic E-state index is -2.31. The predicted molar refractivity (Wildman–Crippen MR) is 77.6 cm³/mol. The molecular formula is C12H11ClF2N2S2. The number of aromatic nitrogens is 1. The number of nitrogens with one attached hydrogen (secondary N) is 1. The number of alkyl halides is 2. The van der Waals surface area contributed by atoms with Crippen molar-refractivity contribution in [2.24, 2.45) is 0 Å². The lowest BCUT2D eigenvalue weighted by atomic mass is 10.3. The van der Waals surface area contributed by atoms with Gasteiger partial charge in [0.1, 0.15) is 0 Å². The molecule has 0 aliphatic heterocycles. The van der Waals surface area contributed by atoms with Gasteiger partial charge in [-0.1, -0.05) is 23.7 Å². The highest BCUT2D eigenvalue weighted by atomic mass is 35.5. The van der Waals surface area contributed by atoms with Crippen LogP contribution in [-0.2, 0) is 6.54 Å². The van der Waals surface area contributed by atoms with Crippen molar-refractivity contribution in [1.82, 2.24) is 4.98 Å². The number of rotatable bonds is 6. The van der Waals surface area contributed by atoms with Crippen molar-refractivity contribution in [3.05, 3.63) is 39.8 Å². The van der Waals surface area contributed by atoms with E-state index < -0.39 is 6.43 Å². The summed E-state index contributed by atoms with van der Waals surface area (Å²) in [5.74, 6) is -0.203. The van der Waals surface area contributed by atoms with Crippen LogP contribution in [0.15, 0.2) is 35.4 Å². The Morgan fingerprint density at radius 3 is 2.84 bits per heavy atom. The van der Waals surface area contributed by atoms with Crippen LogP contribution in [0.2, 0.25) is 4.47 Å². The van der Waals surface area contributed by atoms with Crippen molar-refractivity contribution in [3.8, 4) is 0 Å². The highest BCUT2D eigenvalue weighted by molar-refractivity contribution is 7.99. The maximum Gasteiger partial charge on any atom is 0.247 e. The Balaban J connectivity index is 1.99. The average Bonchev–Trinajstić information content (AvgIpc) is 2.80. The molecule has 1 N–H and O–H groups in total. The first-order valence-electron chi connectivity index (χ1n) is 5.49. The second kappa shape index (κ2) is 7.07. The van der Waals surface area contributed by atoms with Crippen LogP contribution >= 0.6 is 34.7 Å². The minimum absolute atomic E-state index is 0.203. The average molecular weight is 321 g/mol. The highest BCUT2D eigenvalue weighted by Crippen LogP contribution is 2.29. The molecule has 102 valence electrons. The highest BCUT2D eigenvalue weighted by Gasteiger charge is 2.07. The standard InChI is InChI=1S/C12H11ClF2N2S2/c13-12-17-6-8(19-12)5-16-9-3-1-2-4-10(9)18-7-11(14)15/h1-4,6,11,16H,5,7H2. The van der Waals surface area contributed by atoms with Crippen molar-refractivity contribution < 1.29 is 8.78 Å². The van der Waals surface area contributed by atoms with Gasteiger partial charge in [0.05, 0.1) is 12.3 Å². The minimum Gasteiger partial charge on any atom is -0.379 e. The van der Waals surface area contributed by atoms with E-state index in [9.17, 15) is 8.78 Å². The molecule has 2 aromatic rings. The molecule has 0 unspecified atom stereocenters. The molecule has 0 aliphatic rings. The van der Waals surface area contributed by atoms with Gasteiger partial charge < -0.3 is 5.32 Å². The van der Waals surface area contributed by atoms with Crippen LogP contribution in [0, 0.1) is 0 Å². The van der Waals surface area contributed by atoms with E-state index in [-0.39, 0.29) is 5.75 Å². The fraction of sp³-hybridized carbons (Fsp3) is 0.250. The number of anilines is 1. The third kappa shape index (κ3) is 4.63. The van der Waals surface area contributed by atoms with Crippen molar-refractivity contribution >= 4 is 40.4 Å². The Morgan fingerprint density at radius 2 is 2.16 bits per heavy atom. The molecule has 0 saturated carbocycles. The smallest absolute Gasteiger partial charge is 0.247 e. The second-order valence-electron chi connectivity index (χ2n) is 3.63. The van der Waals surface area contributed by atoms with Crippen LogP contribution in [0.25, 0.3) is 0 Å². The van der Waals surface area contributed by atoms with Crippen molar-refractivity contribution in [3.63, 3.8) is 0 Å². The van der Waals surface area contributed by atoms with Gasteiger partial charge in [-0.2, -0.15) is 0 Å². The number of halogens is 3. The number of benzene rings is 1. The fourth-order valence-corrected chi connectivity index (χ4v) is 3.13. The van der Waals surface area contributed by atoms with Crippen LogP contribution in [0.4, 0.5) is 14.5 Å². The lowest BCUT2D eigenvalue weighted by Gasteiger charge is -2.10. The van der Waals surface area contributed by atoms with Gasteiger partial charge in [0.15, 0.2) is 4.47 Å². The number of hydrogen-bond donors (Lipinski definition) is 1. The normalized spacial score (nSPS) is 10.9. The third-order valence-corrected chi connectivity index (χ3v) is 4.43. The molecule has 0 spiro atoms. The summed E-state index contributed by atoms with van der Waals surface area (Å²) in [7, 11) is 0. The summed E-state index contributed by atoms with van der Waals surface area (Å²) in [6, 6.07) is 7.41. The van der Waals surface area contributed by atoms with Crippen LogP contribution in [-0.4, -0.2) is 17.2 Å². The number of nitrogens with zero attached hydrogens (tertiary/aromatic N) is 1. The Kier molecular flexibility index (Phi) is 5.42. The van der Waals surface area contributed by atoms with E-state index in [1.807, 2.05) is 24.3 Å². The molecule has 0 amide bonds. The zero-order valence-corrected chi connectivity index (χ0v) is 12.2. The summed E-state index contributed by atoms with van der Waals surface area (Å²) in [5.41, 5.74) is 0.845. The Bertz CT molecular complexity index is 534. The number of thioether (sulfide) groups is 1. The summed E-state index contributed by atoms with van der Waals surface area (Å²) < 4.78 is 25.0. The van der Waals surface area contributed by atoms with Crippen LogP contribution in [0.3, 0.4) is 0 Å². The zero-order valence-electron chi connectivity index (χ0n) is 9.78. The maximum absolute atomic E-state index is 12.2. The van der Waals surface area contributed by atoms with Gasteiger partial charge in [-0.25, -0.2) is 13.8 Å². The van der Waals surface area contributed by atoms with E-state index in [1.54, 1.807) is 6.20 Å². The Hall–Kier alpha value is -0.850. The van der Waals surface area contributed by atoms with Crippen LogP contribution < -0.4 is 5.32 Å². The van der Waals surface area contributed by atoms with Gasteiger partial charge in [0.2, 0.25) is 6.43 Å². The molecule has 0 bridgehead atoms. The summed E-state index contributed by atoms with van der Waals surface area (Å²) in [4.78, 5) is 5.77. The number of hydrogen-bond acceptors (Lipinski definition) is 4. The van der Waals surface area contributed by atoms with Crippen LogP contribution in [0.5, 0.6) is 0 Å². The van der Waals surface area contributed by atoms with Gasteiger partial charge in [0, 0.05) is 21.7 Å². The maximum atomic E-state index is 12.2. The Labute approximate surface area is 123 Å². The SMILES string of the molecule is FC(F)CSc1ccccc1NCc1cnc(Cl)s1. The van der Waals surface area contributed by atoms with E-state index in [4.69, 9.17) is 11.6 Å². The topological polar surface area (TPSA) is 24.9 Å². The van der Waals surface area contributed by atoms with E-state index in [1.165, 1.54) is 11.3 Å². The molecule has 2 rings (SSSR count). The monoisotopic (exact) mass is 320 g/mol. The van der Waals surface area contributed by atoms with Crippen LogP contribution in [0.1, 0.15) is 4.88 Å². The first-order valence-corrected chi connectivity index (χ1v) is 7.67. The summed E-state index contributed by atoms with van der Waals surface area (Å²) in [6.07, 6.45) is -0.604. The molecule has 1 aromatic carbocycles. The second-order valence-corrected chi connectivity index (χ2v) is 6.39. The molecular weight excluding hydrogens is 310 g/mol. The molecule has 0 fully saturated rings. The van der Waals surface area contributed by atoms with Crippen molar-refractivity contribution in [2.75, 3.05) is 11.1 Å². The fourth-order valence-electron chi connectivity index (χ4n) is 1.44. The van der Waals surface area contributed by atoms with Gasteiger partial charge in [-0.05, 0) is 12.1 Å². The molecule has 0 radical (unpaired) electrons. The molecule has 2 nitrogen and oxygen atoms in total. The van der Waals surface area contributed by atoms with Gasteiger partial charge in [0.25, 0.3) is 0 Å². The largest absolute Gasteiger partial charge is 0.379 e. The lowest BCUT2D eigenvalue weighted by molar-refractivity contribution is 0.177. The van der Waals surface area contributed by atoms with E-state index in [0.717, 1.165) is 27.2 Å². The van der Waals surface area contributed by atoms with E-state index >= 15 is 0 Å². The molecule has 1 heterocycles. The zero-order chi connectivity index (χ0) is 13.7. The van der Waals surface area contributed by atoms with Gasteiger partial charge in [-0.3, -0.25) is 0 Å². The summed E-state index contributed by atoms with van der Waals surface area (Å²) >= 11 is 8.29. The molecule has 7 heteroatoms. The first kappa shape index (κ1) is 14.6.